The van der Waals surface area contributed by atoms with Crippen molar-refractivity contribution in [2.75, 3.05) is 6.79 Å². The number of carbonyl (C=O) groups is 1. The predicted octanol–water partition coefficient (Wildman–Crippen LogP) is 2.97. The van der Waals surface area contributed by atoms with Gasteiger partial charge in [-0.2, -0.15) is 0 Å². The SMILES string of the molecule is O=C(O)C(Cc1ccc2c(c1)OCO2)c1ccc(F)cc1. The first-order chi connectivity index (χ1) is 10.1. The van der Waals surface area contributed by atoms with Crippen molar-refractivity contribution >= 4 is 5.97 Å². The fourth-order valence-electron chi connectivity index (χ4n) is 2.35. The van der Waals surface area contributed by atoms with E-state index >= 15 is 0 Å². The van der Waals surface area contributed by atoms with Gasteiger partial charge < -0.3 is 14.6 Å². The van der Waals surface area contributed by atoms with Crippen molar-refractivity contribution in [1.82, 2.24) is 0 Å². The van der Waals surface area contributed by atoms with E-state index < -0.39 is 11.9 Å². The fourth-order valence-corrected chi connectivity index (χ4v) is 2.35. The van der Waals surface area contributed by atoms with Gasteiger partial charge in [0.05, 0.1) is 5.92 Å². The standard InChI is InChI=1S/C16H13FO4/c17-12-4-2-11(3-5-12)13(16(18)19)7-10-1-6-14-15(8-10)21-9-20-14/h1-6,8,13H,7,9H2,(H,18,19). The number of ether oxygens (including phenoxy) is 2. The largest absolute Gasteiger partial charge is 0.481 e. The van der Waals surface area contributed by atoms with Crippen LogP contribution in [0.1, 0.15) is 17.0 Å². The first-order valence-electron chi connectivity index (χ1n) is 6.50. The molecule has 0 radical (unpaired) electrons. The van der Waals surface area contributed by atoms with Crippen LogP contribution < -0.4 is 9.47 Å². The van der Waals surface area contributed by atoms with E-state index in [0.717, 1.165) is 5.56 Å². The quantitative estimate of drug-likeness (QED) is 0.939. The number of rotatable bonds is 4. The maximum absolute atomic E-state index is 13.0. The Balaban J connectivity index is 1.85. The molecule has 0 saturated heterocycles. The molecule has 0 aromatic heterocycles. The summed E-state index contributed by atoms with van der Waals surface area (Å²) in [5, 5.41) is 9.40. The Hall–Kier alpha value is -2.56. The lowest BCUT2D eigenvalue weighted by Crippen LogP contribution is -2.14. The molecule has 0 saturated carbocycles. The molecule has 4 nitrogen and oxygen atoms in total. The predicted molar refractivity (Wildman–Crippen MR) is 73.0 cm³/mol. The number of carboxylic acids is 1. The van der Waals surface area contributed by atoms with E-state index in [2.05, 4.69) is 0 Å². The summed E-state index contributed by atoms with van der Waals surface area (Å²) in [6.07, 6.45) is 0.303. The Kier molecular flexibility index (Phi) is 3.48. The van der Waals surface area contributed by atoms with Crippen molar-refractivity contribution in [3.8, 4) is 11.5 Å². The highest BCUT2D eigenvalue weighted by Gasteiger charge is 2.22. The summed E-state index contributed by atoms with van der Waals surface area (Å²) in [5.41, 5.74) is 1.40. The summed E-state index contributed by atoms with van der Waals surface area (Å²) in [6.45, 7) is 0.180. The Morgan fingerprint density at radius 3 is 2.57 bits per heavy atom. The molecule has 2 aromatic rings. The molecular formula is C16H13FO4. The maximum atomic E-state index is 13.0. The van der Waals surface area contributed by atoms with E-state index in [-0.39, 0.29) is 12.6 Å². The number of halogens is 1. The van der Waals surface area contributed by atoms with Crippen molar-refractivity contribution in [1.29, 1.82) is 0 Å². The van der Waals surface area contributed by atoms with Gasteiger partial charge >= 0.3 is 5.97 Å². The summed E-state index contributed by atoms with van der Waals surface area (Å²) >= 11 is 0. The molecule has 21 heavy (non-hydrogen) atoms. The van der Waals surface area contributed by atoms with Crippen LogP contribution in [0.5, 0.6) is 11.5 Å². The lowest BCUT2D eigenvalue weighted by atomic mass is 9.92. The number of aliphatic carboxylic acids is 1. The van der Waals surface area contributed by atoms with Crippen molar-refractivity contribution in [2.45, 2.75) is 12.3 Å². The molecule has 1 atom stereocenters. The first-order valence-corrected chi connectivity index (χ1v) is 6.50. The average Bonchev–Trinajstić information content (AvgIpc) is 2.93. The van der Waals surface area contributed by atoms with E-state index in [0.29, 0.717) is 23.5 Å². The fraction of sp³-hybridized carbons (Fsp3) is 0.188. The Morgan fingerprint density at radius 1 is 1.14 bits per heavy atom. The van der Waals surface area contributed by atoms with Gasteiger partial charge in [0.1, 0.15) is 5.82 Å². The van der Waals surface area contributed by atoms with E-state index in [1.165, 1.54) is 24.3 Å². The number of hydrogen-bond acceptors (Lipinski definition) is 3. The Bertz CT molecular complexity index is 666. The number of hydrogen-bond donors (Lipinski definition) is 1. The molecule has 1 aliphatic rings. The molecule has 1 aliphatic heterocycles. The second-order valence-electron chi connectivity index (χ2n) is 4.83. The zero-order valence-electron chi connectivity index (χ0n) is 11.1. The van der Waals surface area contributed by atoms with Gasteiger partial charge in [0.25, 0.3) is 0 Å². The van der Waals surface area contributed by atoms with Gasteiger partial charge in [-0.05, 0) is 41.8 Å². The third kappa shape index (κ3) is 2.81. The van der Waals surface area contributed by atoms with Crippen LogP contribution in [-0.2, 0) is 11.2 Å². The van der Waals surface area contributed by atoms with Crippen molar-refractivity contribution in [3.05, 3.63) is 59.4 Å². The second-order valence-corrected chi connectivity index (χ2v) is 4.83. The average molecular weight is 288 g/mol. The lowest BCUT2D eigenvalue weighted by molar-refractivity contribution is -0.138. The zero-order chi connectivity index (χ0) is 14.8. The minimum atomic E-state index is -0.945. The summed E-state index contributed by atoms with van der Waals surface area (Å²) in [5.74, 6) is -0.778. The van der Waals surface area contributed by atoms with Crippen LogP contribution in [0.2, 0.25) is 0 Å². The number of carboxylic acid groups (broad SMARTS) is 1. The summed E-state index contributed by atoms with van der Waals surface area (Å²) < 4.78 is 23.5. The van der Waals surface area contributed by atoms with Gasteiger partial charge in [-0.15, -0.1) is 0 Å². The third-order valence-electron chi connectivity index (χ3n) is 3.45. The topological polar surface area (TPSA) is 55.8 Å². The highest BCUT2D eigenvalue weighted by atomic mass is 19.1. The molecule has 1 unspecified atom stereocenters. The molecule has 0 aliphatic carbocycles. The second kappa shape index (κ2) is 5.44. The van der Waals surface area contributed by atoms with Crippen LogP contribution in [0.3, 0.4) is 0 Å². The highest BCUT2D eigenvalue weighted by molar-refractivity contribution is 5.76. The Labute approximate surface area is 120 Å². The van der Waals surface area contributed by atoms with Gasteiger partial charge in [0, 0.05) is 0 Å². The molecule has 2 aromatic carbocycles. The third-order valence-corrected chi connectivity index (χ3v) is 3.45. The Morgan fingerprint density at radius 2 is 1.86 bits per heavy atom. The minimum Gasteiger partial charge on any atom is -0.481 e. The maximum Gasteiger partial charge on any atom is 0.311 e. The summed E-state index contributed by atoms with van der Waals surface area (Å²) in [6, 6.07) is 10.9. The van der Waals surface area contributed by atoms with E-state index in [9.17, 15) is 14.3 Å². The van der Waals surface area contributed by atoms with Crippen LogP contribution in [0.25, 0.3) is 0 Å². The summed E-state index contributed by atoms with van der Waals surface area (Å²) in [7, 11) is 0. The molecule has 0 fully saturated rings. The number of fused-ring (bicyclic) bond motifs is 1. The van der Waals surface area contributed by atoms with E-state index in [1.54, 1.807) is 12.1 Å². The molecule has 1 heterocycles. The van der Waals surface area contributed by atoms with Crippen LogP contribution in [-0.4, -0.2) is 17.9 Å². The monoisotopic (exact) mass is 288 g/mol. The van der Waals surface area contributed by atoms with E-state index in [1.807, 2.05) is 6.07 Å². The molecule has 0 bridgehead atoms. The van der Waals surface area contributed by atoms with Crippen molar-refractivity contribution < 1.29 is 23.8 Å². The van der Waals surface area contributed by atoms with E-state index in [4.69, 9.17) is 9.47 Å². The van der Waals surface area contributed by atoms with Crippen LogP contribution in [0.15, 0.2) is 42.5 Å². The molecule has 0 amide bonds. The summed E-state index contributed by atoms with van der Waals surface area (Å²) in [4.78, 5) is 11.5. The molecular weight excluding hydrogens is 275 g/mol. The normalized spacial score (nSPS) is 14.0. The lowest BCUT2D eigenvalue weighted by Gasteiger charge is -2.13. The van der Waals surface area contributed by atoms with Gasteiger partial charge in [0.2, 0.25) is 6.79 Å². The van der Waals surface area contributed by atoms with Gasteiger partial charge in [-0.3, -0.25) is 4.79 Å². The van der Waals surface area contributed by atoms with Crippen LogP contribution >= 0.6 is 0 Å². The molecule has 3 rings (SSSR count). The zero-order valence-corrected chi connectivity index (χ0v) is 11.1. The van der Waals surface area contributed by atoms with Crippen LogP contribution in [0.4, 0.5) is 4.39 Å². The molecule has 108 valence electrons. The molecule has 5 heteroatoms. The van der Waals surface area contributed by atoms with Gasteiger partial charge in [-0.1, -0.05) is 18.2 Å². The van der Waals surface area contributed by atoms with Crippen molar-refractivity contribution in [2.24, 2.45) is 0 Å². The van der Waals surface area contributed by atoms with Crippen LogP contribution in [0, 0.1) is 5.82 Å². The van der Waals surface area contributed by atoms with Gasteiger partial charge in [-0.25, -0.2) is 4.39 Å². The minimum absolute atomic E-state index is 0.180. The smallest absolute Gasteiger partial charge is 0.311 e. The number of benzene rings is 2. The molecule has 1 N–H and O–H groups in total. The first kappa shape index (κ1) is 13.4. The molecule has 0 spiro atoms. The van der Waals surface area contributed by atoms with Crippen molar-refractivity contribution in [3.63, 3.8) is 0 Å². The highest BCUT2D eigenvalue weighted by Crippen LogP contribution is 2.34. The van der Waals surface area contributed by atoms with Gasteiger partial charge in [0.15, 0.2) is 11.5 Å².